The van der Waals surface area contributed by atoms with Crippen LogP contribution in [0, 0.1) is 0 Å². The van der Waals surface area contributed by atoms with Gasteiger partial charge in [0.2, 0.25) is 0 Å². The Morgan fingerprint density at radius 1 is 0.379 bits per heavy atom. The molecule has 0 aliphatic heterocycles. The number of benzene rings is 7. The molecule has 17 heteroatoms. The van der Waals surface area contributed by atoms with Gasteiger partial charge in [0.1, 0.15) is 78.5 Å². The second-order valence-corrected chi connectivity index (χ2v) is 19.0. The zero-order chi connectivity index (χ0) is 45.7. The van der Waals surface area contributed by atoms with Crippen LogP contribution in [-0.2, 0) is 0 Å². The van der Waals surface area contributed by atoms with Crippen molar-refractivity contribution < 1.29 is 0 Å². The molecule has 0 atom stereocenters. The SMILES string of the molecule is Bc1c(B)c(B)c(-c2nc(-c3cc(-c4nc(-c5ccccc5)c5sc6ccccc6c5n4)ccc3-n3c4ccccc4c4ccccc43)nc(-c3c(B)c(B)c(B)c(B)c3B)n2)c(B)c1B. The Bertz CT molecular complexity index is 3660. The molecule has 11 aromatic rings. The fraction of sp³-hybridized carbons (Fsp3) is 0. The molecule has 0 spiro atoms. The summed E-state index contributed by atoms with van der Waals surface area (Å²) in [6.07, 6.45) is 0. The van der Waals surface area contributed by atoms with Crippen molar-refractivity contribution in [2.75, 3.05) is 0 Å². The third kappa shape index (κ3) is 6.49. The van der Waals surface area contributed by atoms with Gasteiger partial charge in [0.05, 0.1) is 32.6 Å². The Morgan fingerprint density at radius 3 is 1.41 bits per heavy atom. The maximum Gasteiger partial charge on any atom is 0.166 e. The minimum atomic E-state index is 0.586. The first kappa shape index (κ1) is 42.0. The van der Waals surface area contributed by atoms with E-state index in [0.717, 1.165) is 65.8 Å². The molecule has 66 heavy (non-hydrogen) atoms. The Kier molecular flexibility index (Phi) is 10.2. The molecule has 0 aliphatic rings. The number of fused-ring (bicyclic) bond motifs is 6. The lowest BCUT2D eigenvalue weighted by atomic mass is 9.60. The van der Waals surface area contributed by atoms with Crippen molar-refractivity contribution in [3.63, 3.8) is 0 Å². The van der Waals surface area contributed by atoms with Crippen LogP contribution in [0.3, 0.4) is 0 Å². The van der Waals surface area contributed by atoms with Gasteiger partial charge in [-0.2, -0.15) is 0 Å². The Hall–Kier alpha value is -6.70. The van der Waals surface area contributed by atoms with Crippen LogP contribution in [0.15, 0.2) is 121 Å². The first-order valence-corrected chi connectivity index (χ1v) is 23.5. The maximum atomic E-state index is 5.59. The predicted molar refractivity (Wildman–Crippen MR) is 312 cm³/mol. The fourth-order valence-electron chi connectivity index (χ4n) is 10.1. The van der Waals surface area contributed by atoms with Gasteiger partial charge in [0, 0.05) is 48.7 Å². The molecule has 0 amide bonds. The molecule has 0 N–H and O–H groups in total. The molecule has 0 unspecified atom stereocenters. The Balaban J connectivity index is 1.27. The molecule has 11 rings (SSSR count). The largest absolute Gasteiger partial charge is 0.309 e. The number of para-hydroxylation sites is 2. The van der Waals surface area contributed by atoms with Gasteiger partial charge in [-0.25, -0.2) is 24.9 Å². The molecular weight excluding hydrogens is 813 g/mol. The van der Waals surface area contributed by atoms with Crippen LogP contribution < -0.4 is 54.6 Å². The molecule has 0 bridgehead atoms. The van der Waals surface area contributed by atoms with Gasteiger partial charge in [0.25, 0.3) is 0 Å². The standard InChI is InChI=1S/C49H40B10N6S/c50-33-31(34(51)38(55)41(58)37(33)54)48-62-47(63-49(64-48)32-35(52)39(56)42(59)40(57)36(32)53)26-20-22(18-19-29(26)65-27-15-7-4-12-23(27)24-13-5-8-16-28(24)65)46-60-43(21-10-2-1-3-11-21)45-44(61-46)25-14-6-9-17-30(25)66-45/h1-20H,50-59H2. The topological polar surface area (TPSA) is 69.4 Å². The van der Waals surface area contributed by atoms with E-state index in [-0.39, 0.29) is 0 Å². The van der Waals surface area contributed by atoms with E-state index in [4.69, 9.17) is 24.9 Å². The summed E-state index contributed by atoms with van der Waals surface area (Å²) in [6, 6.07) is 42.9. The van der Waals surface area contributed by atoms with Crippen molar-refractivity contribution in [1.82, 2.24) is 29.5 Å². The number of hydrogen-bond acceptors (Lipinski definition) is 6. The van der Waals surface area contributed by atoms with Crippen molar-refractivity contribution in [2.24, 2.45) is 0 Å². The summed E-state index contributed by atoms with van der Waals surface area (Å²) >= 11 is 1.74. The minimum Gasteiger partial charge on any atom is -0.309 e. The summed E-state index contributed by atoms with van der Waals surface area (Å²) in [5.41, 5.74) is 22.2. The van der Waals surface area contributed by atoms with Gasteiger partial charge < -0.3 is 4.57 Å². The van der Waals surface area contributed by atoms with Crippen LogP contribution in [0.25, 0.3) is 105 Å². The van der Waals surface area contributed by atoms with Crippen LogP contribution in [0.1, 0.15) is 0 Å². The van der Waals surface area contributed by atoms with Crippen molar-refractivity contribution in [1.29, 1.82) is 0 Å². The second kappa shape index (κ2) is 16.0. The third-order valence-corrected chi connectivity index (χ3v) is 15.8. The van der Waals surface area contributed by atoms with Crippen LogP contribution in [0.2, 0.25) is 0 Å². The van der Waals surface area contributed by atoms with Crippen LogP contribution in [-0.4, -0.2) is 108 Å². The van der Waals surface area contributed by atoms with Gasteiger partial charge in [-0.3, -0.25) is 0 Å². The van der Waals surface area contributed by atoms with Gasteiger partial charge in [-0.15, -0.1) is 44.1 Å². The molecule has 0 fully saturated rings. The highest BCUT2D eigenvalue weighted by Gasteiger charge is 2.25. The van der Waals surface area contributed by atoms with Crippen LogP contribution >= 0.6 is 11.3 Å². The van der Waals surface area contributed by atoms with Crippen molar-refractivity contribution >= 4 is 187 Å². The number of aromatic nitrogens is 6. The van der Waals surface area contributed by atoms with Crippen LogP contribution in [0.5, 0.6) is 0 Å². The van der Waals surface area contributed by atoms with E-state index < -0.39 is 0 Å². The minimum absolute atomic E-state index is 0.586. The number of hydrogen-bond donors (Lipinski definition) is 0. The van der Waals surface area contributed by atoms with E-state index in [2.05, 4.69) is 204 Å². The first-order chi connectivity index (χ1) is 31.9. The normalized spacial score (nSPS) is 11.6. The number of nitrogens with zero attached hydrogens (tertiary/aromatic N) is 6. The molecule has 4 aromatic heterocycles. The fourth-order valence-corrected chi connectivity index (χ4v) is 11.3. The number of thiophene rings is 1. The monoisotopic (exact) mass is 854 g/mol. The van der Waals surface area contributed by atoms with E-state index in [1.54, 1.807) is 11.3 Å². The average Bonchev–Trinajstić information content (AvgIpc) is 3.89. The predicted octanol–water partition coefficient (Wildman–Crippen LogP) is -4.95. The van der Waals surface area contributed by atoms with E-state index in [1.807, 2.05) is 0 Å². The summed E-state index contributed by atoms with van der Waals surface area (Å²) in [5, 5.41) is 3.48. The average molecular weight is 853 g/mol. The Labute approximate surface area is 397 Å². The lowest BCUT2D eigenvalue weighted by Crippen LogP contribution is -2.55. The first-order valence-electron chi connectivity index (χ1n) is 22.7. The molecule has 0 aliphatic carbocycles. The highest BCUT2D eigenvalue weighted by atomic mass is 32.1. The molecule has 4 heterocycles. The van der Waals surface area contributed by atoms with Gasteiger partial charge >= 0.3 is 0 Å². The van der Waals surface area contributed by atoms with Crippen molar-refractivity contribution in [3.8, 4) is 62.5 Å². The molecule has 302 valence electrons. The molecule has 0 radical (unpaired) electrons. The van der Waals surface area contributed by atoms with Crippen LogP contribution in [0.4, 0.5) is 0 Å². The summed E-state index contributed by atoms with van der Waals surface area (Å²) in [5.74, 6) is 2.56. The van der Waals surface area contributed by atoms with Crippen molar-refractivity contribution in [3.05, 3.63) is 121 Å². The summed E-state index contributed by atoms with van der Waals surface area (Å²) < 4.78 is 4.62. The van der Waals surface area contributed by atoms with E-state index in [9.17, 15) is 0 Å². The summed E-state index contributed by atoms with van der Waals surface area (Å²) in [4.78, 5) is 27.5. The molecule has 0 saturated heterocycles. The quantitative estimate of drug-likeness (QED) is 0.157. The number of rotatable bonds is 6. The highest BCUT2D eigenvalue weighted by molar-refractivity contribution is 7.26. The zero-order valence-electron chi connectivity index (χ0n) is 39.1. The van der Waals surface area contributed by atoms with Gasteiger partial charge in [-0.05, 0) is 36.4 Å². The lowest BCUT2D eigenvalue weighted by molar-refractivity contribution is 1.07. The second-order valence-electron chi connectivity index (χ2n) is 17.9. The zero-order valence-corrected chi connectivity index (χ0v) is 40.0. The highest BCUT2D eigenvalue weighted by Crippen LogP contribution is 2.41. The van der Waals surface area contributed by atoms with Crippen molar-refractivity contribution in [2.45, 2.75) is 0 Å². The summed E-state index contributed by atoms with van der Waals surface area (Å²) in [6.45, 7) is 0. The third-order valence-electron chi connectivity index (χ3n) is 14.7. The van der Waals surface area contributed by atoms with Gasteiger partial charge in [0.15, 0.2) is 23.3 Å². The van der Waals surface area contributed by atoms with E-state index >= 15 is 0 Å². The molecular formula is C49H40B10N6S. The maximum absolute atomic E-state index is 5.59. The molecule has 7 aromatic carbocycles. The van der Waals surface area contributed by atoms with Gasteiger partial charge in [-0.1, -0.05) is 107 Å². The Morgan fingerprint density at radius 2 is 0.848 bits per heavy atom. The van der Waals surface area contributed by atoms with E-state index in [1.165, 1.54) is 70.1 Å². The van der Waals surface area contributed by atoms with E-state index in [0.29, 0.717) is 23.3 Å². The smallest absolute Gasteiger partial charge is 0.166 e. The lowest BCUT2D eigenvalue weighted by Gasteiger charge is -2.22. The summed E-state index contributed by atoms with van der Waals surface area (Å²) in [7, 11) is 22.1. The molecule has 6 nitrogen and oxygen atoms in total. The molecule has 0 saturated carbocycles.